The van der Waals surface area contributed by atoms with Crippen molar-refractivity contribution in [2.75, 3.05) is 0 Å². The van der Waals surface area contributed by atoms with Crippen molar-refractivity contribution in [2.45, 2.75) is 6.92 Å². The molecule has 14 heavy (non-hydrogen) atoms. The molecule has 0 aliphatic carbocycles. The minimum atomic E-state index is -0.340. The van der Waals surface area contributed by atoms with Crippen LogP contribution in [-0.4, -0.2) is 9.55 Å². The van der Waals surface area contributed by atoms with Crippen LogP contribution in [0.25, 0.3) is 5.69 Å². The monoisotopic (exact) mass is 192 g/mol. The van der Waals surface area contributed by atoms with Crippen molar-refractivity contribution >= 4 is 0 Å². The summed E-state index contributed by atoms with van der Waals surface area (Å²) < 4.78 is 14.4. The average molecular weight is 192 g/mol. The van der Waals surface area contributed by atoms with Crippen LogP contribution in [0, 0.1) is 12.7 Å². The van der Waals surface area contributed by atoms with Gasteiger partial charge in [0.1, 0.15) is 5.82 Å². The van der Waals surface area contributed by atoms with Gasteiger partial charge in [0.05, 0.1) is 5.69 Å². The van der Waals surface area contributed by atoms with Gasteiger partial charge >= 0.3 is 5.69 Å². The molecule has 1 aromatic heterocycles. The van der Waals surface area contributed by atoms with E-state index in [0.717, 1.165) is 5.56 Å². The van der Waals surface area contributed by atoms with Crippen LogP contribution in [0.3, 0.4) is 0 Å². The third-order valence-electron chi connectivity index (χ3n) is 1.95. The largest absolute Gasteiger partial charge is 0.330 e. The Labute approximate surface area is 79.8 Å². The molecule has 1 N–H and O–H groups in total. The van der Waals surface area contributed by atoms with Gasteiger partial charge < -0.3 is 4.98 Å². The van der Waals surface area contributed by atoms with E-state index in [4.69, 9.17) is 0 Å². The Balaban J connectivity index is 2.63. The highest BCUT2D eigenvalue weighted by Gasteiger charge is 2.02. The fraction of sp³-hybridized carbons (Fsp3) is 0.100. The van der Waals surface area contributed by atoms with Crippen LogP contribution in [0.1, 0.15) is 5.56 Å². The zero-order valence-electron chi connectivity index (χ0n) is 7.62. The van der Waals surface area contributed by atoms with Gasteiger partial charge in [0.25, 0.3) is 0 Å². The molecule has 0 fully saturated rings. The molecule has 1 heterocycles. The first-order valence-corrected chi connectivity index (χ1v) is 4.20. The molecule has 4 heteroatoms. The lowest BCUT2D eigenvalue weighted by Crippen LogP contribution is -2.14. The first kappa shape index (κ1) is 8.74. The maximum Gasteiger partial charge on any atom is 0.330 e. The molecular formula is C10H9FN2O. The highest BCUT2D eigenvalue weighted by Crippen LogP contribution is 2.10. The van der Waals surface area contributed by atoms with Crippen LogP contribution in [0.5, 0.6) is 0 Å². The first-order chi connectivity index (χ1) is 6.66. The minimum absolute atomic E-state index is 0.269. The van der Waals surface area contributed by atoms with E-state index in [1.165, 1.54) is 22.9 Å². The van der Waals surface area contributed by atoms with Crippen molar-refractivity contribution in [3.63, 3.8) is 0 Å². The van der Waals surface area contributed by atoms with Gasteiger partial charge in [-0.2, -0.15) is 0 Å². The van der Waals surface area contributed by atoms with Gasteiger partial charge in [0.2, 0.25) is 0 Å². The summed E-state index contributed by atoms with van der Waals surface area (Å²) >= 11 is 0. The van der Waals surface area contributed by atoms with Gasteiger partial charge in [-0.25, -0.2) is 9.18 Å². The lowest BCUT2D eigenvalue weighted by Gasteiger charge is -2.02. The maximum absolute atomic E-state index is 13.0. The number of aryl methyl sites for hydroxylation is 1. The predicted octanol–water partition coefficient (Wildman–Crippen LogP) is 1.61. The van der Waals surface area contributed by atoms with Crippen LogP contribution in [0.2, 0.25) is 0 Å². The number of halogens is 1. The molecule has 0 radical (unpaired) electrons. The van der Waals surface area contributed by atoms with E-state index < -0.39 is 0 Å². The zero-order chi connectivity index (χ0) is 10.1. The van der Waals surface area contributed by atoms with Crippen molar-refractivity contribution < 1.29 is 4.39 Å². The molecule has 0 aliphatic rings. The summed E-state index contributed by atoms with van der Waals surface area (Å²) in [6.45, 7) is 1.78. The summed E-state index contributed by atoms with van der Waals surface area (Å²) in [5.41, 5.74) is 1.05. The lowest BCUT2D eigenvalue weighted by molar-refractivity contribution is 0.625. The Morgan fingerprint density at radius 2 is 2.14 bits per heavy atom. The maximum atomic E-state index is 13.0. The van der Waals surface area contributed by atoms with Gasteiger partial charge in [0, 0.05) is 12.4 Å². The summed E-state index contributed by atoms with van der Waals surface area (Å²) in [7, 11) is 0. The van der Waals surface area contributed by atoms with Crippen molar-refractivity contribution in [1.82, 2.24) is 9.55 Å². The molecule has 0 unspecified atom stereocenters. The number of aromatic nitrogens is 2. The van der Waals surface area contributed by atoms with E-state index in [1.54, 1.807) is 19.2 Å². The molecule has 0 aliphatic heterocycles. The third-order valence-corrected chi connectivity index (χ3v) is 1.95. The highest BCUT2D eigenvalue weighted by atomic mass is 19.1. The number of benzene rings is 1. The van der Waals surface area contributed by atoms with Crippen molar-refractivity contribution in [1.29, 1.82) is 0 Å². The minimum Gasteiger partial charge on any atom is -0.312 e. The van der Waals surface area contributed by atoms with Crippen LogP contribution < -0.4 is 5.69 Å². The second-order valence-corrected chi connectivity index (χ2v) is 3.12. The molecule has 0 amide bonds. The smallest absolute Gasteiger partial charge is 0.312 e. The summed E-state index contributed by atoms with van der Waals surface area (Å²) in [5.74, 6) is -0.340. The Morgan fingerprint density at radius 3 is 2.71 bits per heavy atom. The molecule has 1 aromatic carbocycles. The number of hydrogen-bond donors (Lipinski definition) is 1. The molecule has 2 rings (SSSR count). The number of nitrogens with zero attached hydrogens (tertiary/aromatic N) is 1. The summed E-state index contributed by atoms with van der Waals surface area (Å²) in [6.07, 6.45) is 3.08. The van der Waals surface area contributed by atoms with Crippen molar-refractivity contribution in [2.24, 2.45) is 0 Å². The molecule has 2 aromatic rings. The fourth-order valence-corrected chi connectivity index (χ4v) is 1.38. The highest BCUT2D eigenvalue weighted by molar-refractivity contribution is 5.35. The quantitative estimate of drug-likeness (QED) is 0.732. The summed E-state index contributed by atoms with van der Waals surface area (Å²) in [5, 5.41) is 0. The zero-order valence-corrected chi connectivity index (χ0v) is 7.62. The lowest BCUT2D eigenvalue weighted by atomic mass is 10.2. The second kappa shape index (κ2) is 3.14. The molecule has 3 nitrogen and oxygen atoms in total. The SMILES string of the molecule is Cc1cc(F)cc(-n2cc[nH]c2=O)c1. The van der Waals surface area contributed by atoms with E-state index in [2.05, 4.69) is 4.98 Å². The Morgan fingerprint density at radius 1 is 1.36 bits per heavy atom. The van der Waals surface area contributed by atoms with Gasteiger partial charge in [-0.1, -0.05) is 0 Å². The molecule has 0 saturated heterocycles. The number of hydrogen-bond acceptors (Lipinski definition) is 1. The van der Waals surface area contributed by atoms with E-state index in [1.807, 2.05) is 0 Å². The predicted molar refractivity (Wildman–Crippen MR) is 51.1 cm³/mol. The van der Waals surface area contributed by atoms with Gasteiger partial charge in [-0.15, -0.1) is 0 Å². The number of nitrogens with one attached hydrogen (secondary N) is 1. The molecule has 0 bridgehead atoms. The fourth-order valence-electron chi connectivity index (χ4n) is 1.38. The number of imidazole rings is 1. The number of H-pyrrole nitrogens is 1. The standard InChI is InChI=1S/C10H9FN2O/c1-7-4-8(11)6-9(5-7)13-3-2-12-10(13)14/h2-6H,1H3,(H,12,14). The topological polar surface area (TPSA) is 37.8 Å². The van der Waals surface area contributed by atoms with Crippen molar-refractivity contribution in [3.8, 4) is 5.69 Å². The molecule has 0 spiro atoms. The van der Waals surface area contributed by atoms with E-state index in [9.17, 15) is 9.18 Å². The number of aromatic amines is 1. The van der Waals surface area contributed by atoms with E-state index in [-0.39, 0.29) is 11.5 Å². The Hall–Kier alpha value is -1.84. The number of rotatable bonds is 1. The van der Waals surface area contributed by atoms with Crippen LogP contribution in [0.15, 0.2) is 35.4 Å². The Kier molecular flexibility index (Phi) is 1.96. The molecule has 0 saturated carbocycles. The van der Waals surface area contributed by atoms with Gasteiger partial charge in [0.15, 0.2) is 0 Å². The summed E-state index contributed by atoms with van der Waals surface area (Å²) in [6, 6.07) is 4.49. The van der Waals surface area contributed by atoms with Crippen molar-refractivity contribution in [3.05, 3.63) is 52.5 Å². The Bertz CT molecular complexity index is 493. The molecular weight excluding hydrogens is 183 g/mol. The van der Waals surface area contributed by atoms with E-state index in [0.29, 0.717) is 5.69 Å². The first-order valence-electron chi connectivity index (χ1n) is 4.20. The van der Waals surface area contributed by atoms with Crippen LogP contribution in [-0.2, 0) is 0 Å². The van der Waals surface area contributed by atoms with Gasteiger partial charge in [-0.3, -0.25) is 4.57 Å². The van der Waals surface area contributed by atoms with Gasteiger partial charge in [-0.05, 0) is 30.7 Å². The molecule has 0 atom stereocenters. The summed E-state index contributed by atoms with van der Waals surface area (Å²) in [4.78, 5) is 13.7. The molecule has 72 valence electrons. The average Bonchev–Trinajstić information content (AvgIpc) is 2.49. The second-order valence-electron chi connectivity index (χ2n) is 3.12. The van der Waals surface area contributed by atoms with E-state index >= 15 is 0 Å². The van der Waals surface area contributed by atoms with Crippen LogP contribution >= 0.6 is 0 Å². The van der Waals surface area contributed by atoms with Crippen LogP contribution in [0.4, 0.5) is 4.39 Å². The third kappa shape index (κ3) is 1.46. The normalized spacial score (nSPS) is 10.4.